The van der Waals surface area contributed by atoms with Crippen LogP contribution in [0.5, 0.6) is 0 Å². The third-order valence-corrected chi connectivity index (χ3v) is 2.10. The number of hydrogen-bond acceptors (Lipinski definition) is 7. The van der Waals surface area contributed by atoms with E-state index in [4.69, 9.17) is 25.5 Å². The van der Waals surface area contributed by atoms with Crippen LogP contribution < -0.4 is 5.56 Å². The summed E-state index contributed by atoms with van der Waals surface area (Å²) in [4.78, 5) is 32.6. The SMILES string of the molecule is O=CC(O)C(O)C(O)C(O)C(=O)O.O=c1cccc[nH]1. The molecule has 0 bridgehead atoms. The molecule has 0 spiro atoms. The maximum Gasteiger partial charge on any atom is 0.335 e. The topological polar surface area (TPSA) is 168 Å². The summed E-state index contributed by atoms with van der Waals surface area (Å²) in [5.41, 5.74) is -0.0532. The molecule has 4 unspecified atom stereocenters. The minimum absolute atomic E-state index is 0.0532. The maximum atomic E-state index is 10.2. The number of rotatable bonds is 5. The highest BCUT2D eigenvalue weighted by atomic mass is 16.4. The van der Waals surface area contributed by atoms with Crippen LogP contribution in [-0.4, -0.2) is 67.2 Å². The Hall–Kier alpha value is -2.07. The lowest BCUT2D eigenvalue weighted by molar-refractivity contribution is -0.163. The van der Waals surface area contributed by atoms with Crippen molar-refractivity contribution in [3.05, 3.63) is 34.7 Å². The van der Waals surface area contributed by atoms with Crippen molar-refractivity contribution in [3.63, 3.8) is 0 Å². The number of aromatic nitrogens is 1. The standard InChI is InChI=1S/C6H10O7.C5H5NO/c7-1-2(8)3(9)4(10)5(11)6(12)13;7-5-3-1-2-4-6-5/h1-5,8-11H,(H,12,13);1-4H,(H,6,7). The minimum Gasteiger partial charge on any atom is -0.479 e. The lowest BCUT2D eigenvalue weighted by atomic mass is 10.0. The number of H-pyrrole nitrogens is 1. The normalized spacial score (nSPS) is 16.0. The van der Waals surface area contributed by atoms with Crippen LogP contribution in [0, 0.1) is 0 Å². The molecule has 1 aromatic rings. The Morgan fingerprint density at radius 3 is 2.05 bits per heavy atom. The van der Waals surface area contributed by atoms with Gasteiger partial charge < -0.3 is 35.3 Å². The van der Waals surface area contributed by atoms with Gasteiger partial charge in [0, 0.05) is 12.3 Å². The van der Waals surface area contributed by atoms with Crippen molar-refractivity contribution < 1.29 is 35.1 Å². The van der Waals surface area contributed by atoms with E-state index in [1.165, 1.54) is 6.07 Å². The number of carboxylic acid groups (broad SMARTS) is 1. The molecule has 0 fully saturated rings. The van der Waals surface area contributed by atoms with Gasteiger partial charge in [-0.15, -0.1) is 0 Å². The molecule has 0 aromatic carbocycles. The molecule has 9 nitrogen and oxygen atoms in total. The number of pyridine rings is 1. The summed E-state index contributed by atoms with van der Waals surface area (Å²) in [6.45, 7) is 0. The summed E-state index contributed by atoms with van der Waals surface area (Å²) in [7, 11) is 0. The van der Waals surface area contributed by atoms with Crippen molar-refractivity contribution in [2.75, 3.05) is 0 Å². The second kappa shape index (κ2) is 8.93. The first kappa shape index (κ1) is 17.9. The second-order valence-corrected chi connectivity index (χ2v) is 3.62. The molecule has 1 heterocycles. The van der Waals surface area contributed by atoms with Crippen LogP contribution in [0.25, 0.3) is 0 Å². The maximum absolute atomic E-state index is 10.2. The van der Waals surface area contributed by atoms with E-state index >= 15 is 0 Å². The van der Waals surface area contributed by atoms with Gasteiger partial charge in [-0.3, -0.25) is 4.79 Å². The third-order valence-electron chi connectivity index (χ3n) is 2.10. The number of hydrogen-bond donors (Lipinski definition) is 6. The summed E-state index contributed by atoms with van der Waals surface area (Å²) in [5, 5.41) is 43.2. The van der Waals surface area contributed by atoms with Crippen molar-refractivity contribution >= 4 is 12.3 Å². The molecule has 4 atom stereocenters. The Balaban J connectivity index is 0.000000428. The van der Waals surface area contributed by atoms with Gasteiger partial charge in [0.1, 0.15) is 18.3 Å². The Bertz CT molecular complexity index is 456. The van der Waals surface area contributed by atoms with Crippen molar-refractivity contribution in [2.24, 2.45) is 0 Å². The summed E-state index contributed by atoms with van der Waals surface area (Å²) in [6, 6.07) is 4.93. The smallest absolute Gasteiger partial charge is 0.335 e. The predicted octanol–water partition coefficient (Wildman–Crippen LogP) is -2.91. The molecule has 9 heteroatoms. The van der Waals surface area contributed by atoms with Crippen LogP contribution in [0.2, 0.25) is 0 Å². The number of carboxylic acids is 1. The van der Waals surface area contributed by atoms with E-state index in [-0.39, 0.29) is 11.8 Å². The van der Waals surface area contributed by atoms with Crippen LogP contribution >= 0.6 is 0 Å². The lowest BCUT2D eigenvalue weighted by Gasteiger charge is -2.21. The van der Waals surface area contributed by atoms with Gasteiger partial charge in [0.15, 0.2) is 12.4 Å². The number of aldehydes is 1. The largest absolute Gasteiger partial charge is 0.479 e. The van der Waals surface area contributed by atoms with Gasteiger partial charge in [-0.05, 0) is 6.07 Å². The van der Waals surface area contributed by atoms with E-state index in [0.29, 0.717) is 0 Å². The molecule has 1 aromatic heterocycles. The first-order chi connectivity index (χ1) is 9.31. The average molecular weight is 289 g/mol. The molecular formula is C11H15NO8. The molecule has 1 rings (SSSR count). The fourth-order valence-corrected chi connectivity index (χ4v) is 0.992. The van der Waals surface area contributed by atoms with E-state index < -0.39 is 30.4 Å². The lowest BCUT2D eigenvalue weighted by Crippen LogP contribution is -2.48. The monoisotopic (exact) mass is 289 g/mol. The zero-order valence-electron chi connectivity index (χ0n) is 10.2. The highest BCUT2D eigenvalue weighted by Crippen LogP contribution is 2.03. The molecule has 0 radical (unpaired) electrons. The predicted molar refractivity (Wildman–Crippen MR) is 64.8 cm³/mol. The minimum atomic E-state index is -2.25. The number of aliphatic carboxylic acids is 1. The van der Waals surface area contributed by atoms with Crippen LogP contribution in [-0.2, 0) is 9.59 Å². The number of carbonyl (C=O) groups is 2. The molecular weight excluding hydrogens is 274 g/mol. The van der Waals surface area contributed by atoms with E-state index in [9.17, 15) is 14.4 Å². The van der Waals surface area contributed by atoms with E-state index in [2.05, 4.69) is 4.98 Å². The van der Waals surface area contributed by atoms with Crippen molar-refractivity contribution in [1.29, 1.82) is 0 Å². The molecule has 0 saturated heterocycles. The molecule has 6 N–H and O–H groups in total. The van der Waals surface area contributed by atoms with Gasteiger partial charge in [-0.25, -0.2) is 4.79 Å². The van der Waals surface area contributed by atoms with Gasteiger partial charge in [0.05, 0.1) is 0 Å². The van der Waals surface area contributed by atoms with E-state index in [1.807, 2.05) is 0 Å². The van der Waals surface area contributed by atoms with Crippen molar-refractivity contribution in [2.45, 2.75) is 24.4 Å². The number of nitrogens with one attached hydrogen (secondary N) is 1. The summed E-state index contributed by atoms with van der Waals surface area (Å²) in [6.07, 6.45) is -6.79. The van der Waals surface area contributed by atoms with E-state index in [0.717, 1.165) is 0 Å². The van der Waals surface area contributed by atoms with Crippen LogP contribution in [0.3, 0.4) is 0 Å². The fraction of sp³-hybridized carbons (Fsp3) is 0.364. The zero-order chi connectivity index (χ0) is 15.7. The highest BCUT2D eigenvalue weighted by molar-refractivity contribution is 5.73. The summed E-state index contributed by atoms with van der Waals surface area (Å²) in [5.74, 6) is -1.76. The molecule has 0 aliphatic rings. The zero-order valence-corrected chi connectivity index (χ0v) is 10.2. The van der Waals surface area contributed by atoms with Crippen molar-refractivity contribution in [3.8, 4) is 0 Å². The average Bonchev–Trinajstić information content (AvgIpc) is 2.45. The van der Waals surface area contributed by atoms with Crippen LogP contribution in [0.4, 0.5) is 0 Å². The first-order valence-corrected chi connectivity index (χ1v) is 5.35. The molecule has 0 aliphatic carbocycles. The van der Waals surface area contributed by atoms with Crippen molar-refractivity contribution in [1.82, 2.24) is 4.98 Å². The number of aliphatic hydroxyl groups is 4. The Kier molecular flexibility index (Phi) is 8.01. The highest BCUT2D eigenvalue weighted by Gasteiger charge is 2.33. The van der Waals surface area contributed by atoms with Gasteiger partial charge in [0.2, 0.25) is 5.56 Å². The molecule has 112 valence electrons. The molecule has 0 amide bonds. The van der Waals surface area contributed by atoms with E-state index in [1.54, 1.807) is 18.3 Å². The first-order valence-electron chi connectivity index (χ1n) is 5.35. The van der Waals surface area contributed by atoms with Crippen LogP contribution in [0.1, 0.15) is 0 Å². The number of aromatic amines is 1. The quantitative estimate of drug-likeness (QED) is 0.313. The fourth-order valence-electron chi connectivity index (χ4n) is 0.992. The van der Waals surface area contributed by atoms with Gasteiger partial charge >= 0.3 is 5.97 Å². The summed E-state index contributed by atoms with van der Waals surface area (Å²) >= 11 is 0. The number of carbonyl (C=O) groups excluding carboxylic acids is 1. The Labute approximate surface area is 112 Å². The number of aliphatic hydroxyl groups excluding tert-OH is 4. The van der Waals surface area contributed by atoms with Gasteiger partial charge in [-0.1, -0.05) is 6.07 Å². The van der Waals surface area contributed by atoms with Gasteiger partial charge in [-0.2, -0.15) is 0 Å². The Morgan fingerprint density at radius 2 is 1.75 bits per heavy atom. The summed E-state index contributed by atoms with van der Waals surface area (Å²) < 4.78 is 0. The molecule has 0 saturated carbocycles. The van der Waals surface area contributed by atoms with Crippen LogP contribution in [0.15, 0.2) is 29.2 Å². The Morgan fingerprint density at radius 1 is 1.15 bits per heavy atom. The molecule has 20 heavy (non-hydrogen) atoms. The second-order valence-electron chi connectivity index (χ2n) is 3.62. The third kappa shape index (κ3) is 6.20. The molecule has 0 aliphatic heterocycles. The van der Waals surface area contributed by atoms with Gasteiger partial charge in [0.25, 0.3) is 0 Å².